The van der Waals surface area contributed by atoms with Gasteiger partial charge >= 0.3 is 0 Å². The molecule has 7 rings (SSSR count). The van der Waals surface area contributed by atoms with Gasteiger partial charge in [-0.2, -0.15) is 40.6 Å². The van der Waals surface area contributed by atoms with E-state index in [-0.39, 0.29) is 27.2 Å². The molecule has 0 spiro atoms. The van der Waals surface area contributed by atoms with Crippen LogP contribution in [0.1, 0.15) is 15.9 Å². The smallest absolute Gasteiger partial charge is 0.296 e. The molecule has 0 atom stereocenters. The number of carbonyl (C=O) groups is 1. The van der Waals surface area contributed by atoms with Crippen molar-refractivity contribution in [1.29, 1.82) is 0 Å². The van der Waals surface area contributed by atoms with E-state index in [1.54, 1.807) is 72.8 Å². The number of fused-ring (bicyclic) bond motifs is 2. The van der Waals surface area contributed by atoms with Crippen molar-refractivity contribution < 1.29 is 43.7 Å². The molecule has 1 aliphatic carbocycles. The second-order valence-corrected chi connectivity index (χ2v) is 16.7. The van der Waals surface area contributed by atoms with Gasteiger partial charge in [0, 0.05) is 22.1 Å². The predicted molar refractivity (Wildman–Crippen MR) is 220 cm³/mol. The maximum absolute atomic E-state index is 13.7. The fraction of sp³-hybridized carbons (Fsp3) is 0. The average Bonchev–Trinajstić information content (AvgIpc) is 3.19. The van der Waals surface area contributed by atoms with E-state index in [0.717, 1.165) is 12.1 Å². The van der Waals surface area contributed by atoms with E-state index < -0.39 is 68.6 Å². The van der Waals surface area contributed by atoms with Gasteiger partial charge in [-0.05, 0) is 84.4 Å². The minimum Gasteiger partial charge on any atom is -0.396 e. The summed E-state index contributed by atoms with van der Waals surface area (Å²) in [6.07, 6.45) is 0.781. The van der Waals surface area contributed by atoms with Crippen molar-refractivity contribution in [1.82, 2.24) is 0 Å². The lowest BCUT2D eigenvalue weighted by Gasteiger charge is -2.20. The number of nitrogens with one attached hydrogen (secondary N) is 2. The number of anilines is 4. The molecule has 18 nitrogen and oxygen atoms in total. The summed E-state index contributed by atoms with van der Waals surface area (Å²) >= 11 is 0. The highest BCUT2D eigenvalue weighted by molar-refractivity contribution is 7.91. The van der Waals surface area contributed by atoms with Gasteiger partial charge in [0.15, 0.2) is 5.71 Å². The van der Waals surface area contributed by atoms with Gasteiger partial charge in [0.1, 0.15) is 20.4 Å². The van der Waals surface area contributed by atoms with Crippen LogP contribution in [-0.2, 0) is 30.4 Å². The normalized spacial score (nSPS) is 14.2. The molecule has 1 aliphatic rings. The quantitative estimate of drug-likeness (QED) is 0.0309. The summed E-state index contributed by atoms with van der Waals surface area (Å²) in [6, 6.07) is 31.2. The van der Waals surface area contributed by atoms with Crippen LogP contribution in [0.2, 0.25) is 0 Å². The molecule has 0 aromatic heterocycles. The van der Waals surface area contributed by atoms with E-state index in [1.807, 2.05) is 6.07 Å². The molecular formula is C38H28N8O10S3. The lowest BCUT2D eigenvalue weighted by atomic mass is 9.92. The Hall–Kier alpha value is -7.01. The Balaban J connectivity index is 1.21. The molecule has 0 radical (unpaired) electrons. The van der Waals surface area contributed by atoms with Crippen LogP contribution >= 0.6 is 0 Å². The minimum atomic E-state index is -5.12. The Morgan fingerprint density at radius 2 is 1.19 bits per heavy atom. The Bertz CT molecular complexity index is 3140. The number of carbonyl (C=O) groups excluding carboxylic acids is 1. The van der Waals surface area contributed by atoms with Crippen LogP contribution < -0.4 is 16.5 Å². The molecular weight excluding hydrogens is 825 g/mol. The maximum atomic E-state index is 13.7. The van der Waals surface area contributed by atoms with Gasteiger partial charge in [-0.3, -0.25) is 23.9 Å². The Morgan fingerprint density at radius 3 is 1.78 bits per heavy atom. The van der Waals surface area contributed by atoms with Gasteiger partial charge in [0.25, 0.3) is 30.4 Å². The molecule has 0 bridgehead atoms. The second kappa shape index (κ2) is 15.7. The van der Waals surface area contributed by atoms with E-state index in [2.05, 4.69) is 36.3 Å². The average molecular weight is 853 g/mol. The number of azo groups is 2. The molecule has 0 aliphatic heterocycles. The number of nitrogen functional groups attached to an aromatic ring is 1. The lowest BCUT2D eigenvalue weighted by molar-refractivity contribution is 0.106. The molecule has 0 amide bonds. The second-order valence-electron chi connectivity index (χ2n) is 12.5. The number of Topliss-reactive ketones (excluding diaryl/α,β-unsaturated/α-hetero) is 1. The van der Waals surface area contributed by atoms with Crippen molar-refractivity contribution in [3.8, 4) is 0 Å². The van der Waals surface area contributed by atoms with E-state index >= 15 is 0 Å². The Kier molecular flexibility index (Phi) is 10.7. The van der Waals surface area contributed by atoms with Gasteiger partial charge in [0.2, 0.25) is 5.78 Å². The van der Waals surface area contributed by atoms with Gasteiger partial charge < -0.3 is 11.1 Å². The Labute approximate surface area is 335 Å². The molecule has 6 aromatic carbocycles. The summed E-state index contributed by atoms with van der Waals surface area (Å²) < 4.78 is 104. The summed E-state index contributed by atoms with van der Waals surface area (Å²) in [7, 11) is -14.9. The largest absolute Gasteiger partial charge is 0.396 e. The predicted octanol–water partition coefficient (Wildman–Crippen LogP) is 8.38. The number of benzene rings is 6. The van der Waals surface area contributed by atoms with E-state index in [4.69, 9.17) is 5.73 Å². The summed E-state index contributed by atoms with van der Waals surface area (Å²) in [5, 5.41) is 24.1. The molecule has 6 aromatic rings. The third-order valence-corrected chi connectivity index (χ3v) is 11.3. The molecule has 0 fully saturated rings. The highest BCUT2D eigenvalue weighted by Gasteiger charge is 2.37. The van der Waals surface area contributed by atoms with Crippen LogP contribution in [-0.4, -0.2) is 50.4 Å². The van der Waals surface area contributed by atoms with E-state index in [1.165, 1.54) is 36.4 Å². The van der Waals surface area contributed by atoms with Crippen molar-refractivity contribution in [3.05, 3.63) is 137 Å². The number of hydrogen-bond donors (Lipinski definition) is 6. The van der Waals surface area contributed by atoms with Gasteiger partial charge in [-0.1, -0.05) is 48.5 Å². The van der Waals surface area contributed by atoms with Crippen LogP contribution in [0.15, 0.2) is 162 Å². The van der Waals surface area contributed by atoms with Crippen LogP contribution in [0.4, 0.5) is 45.5 Å². The summed E-state index contributed by atoms with van der Waals surface area (Å²) in [5.41, 5.74) is 8.10. The number of ketones is 1. The number of allylic oxidation sites excluding steroid dienone is 1. The van der Waals surface area contributed by atoms with Crippen molar-refractivity contribution in [2.75, 3.05) is 16.5 Å². The molecule has 0 saturated carbocycles. The van der Waals surface area contributed by atoms with Crippen molar-refractivity contribution in [2.24, 2.45) is 25.6 Å². The highest BCUT2D eigenvalue weighted by Crippen LogP contribution is 2.42. The van der Waals surface area contributed by atoms with Crippen molar-refractivity contribution in [2.45, 2.75) is 9.79 Å². The van der Waals surface area contributed by atoms with Crippen LogP contribution in [0.25, 0.3) is 16.8 Å². The number of hydrogen-bond acceptors (Lipinski definition) is 15. The van der Waals surface area contributed by atoms with Crippen molar-refractivity contribution >= 4 is 104 Å². The Morgan fingerprint density at radius 1 is 0.593 bits per heavy atom. The SMILES string of the molecule is Nc1c(N=Nc2ccc(N=Nc3ccc(Nc4ccccc4)c4c(S(=O)(=O)O)cccc34)cc2)c(S(=O)(=O)O)cc2c1C(=O)/C(=N/Nc1ccccc1)C(S(=O)(=O)O)=C2. The molecule has 21 heteroatoms. The number of para-hydroxylation sites is 2. The molecule has 298 valence electrons. The molecule has 59 heavy (non-hydrogen) atoms. The first-order valence-electron chi connectivity index (χ1n) is 16.8. The third kappa shape index (κ3) is 8.64. The third-order valence-electron chi connectivity index (χ3n) is 8.62. The van der Waals surface area contributed by atoms with Gasteiger partial charge in [-0.15, -0.1) is 10.2 Å². The summed E-state index contributed by atoms with van der Waals surface area (Å²) in [6.45, 7) is 0. The highest BCUT2D eigenvalue weighted by atomic mass is 32.2. The minimum absolute atomic E-state index is 0.121. The fourth-order valence-corrected chi connectivity index (χ4v) is 8.04. The van der Waals surface area contributed by atoms with Gasteiger partial charge in [0.05, 0.1) is 34.0 Å². The number of hydrazone groups is 1. The monoisotopic (exact) mass is 852 g/mol. The fourth-order valence-electron chi connectivity index (χ4n) is 5.98. The summed E-state index contributed by atoms with van der Waals surface area (Å²) in [4.78, 5) is 11.5. The first kappa shape index (κ1) is 40.2. The van der Waals surface area contributed by atoms with Crippen molar-refractivity contribution in [3.63, 3.8) is 0 Å². The zero-order valence-electron chi connectivity index (χ0n) is 29.9. The topological polar surface area (TPSA) is 292 Å². The maximum Gasteiger partial charge on any atom is 0.296 e. The molecule has 0 heterocycles. The van der Waals surface area contributed by atoms with Crippen LogP contribution in [0.5, 0.6) is 0 Å². The van der Waals surface area contributed by atoms with Gasteiger partial charge in [-0.25, -0.2) is 0 Å². The molecule has 0 saturated heterocycles. The summed E-state index contributed by atoms with van der Waals surface area (Å²) in [5.74, 6) is -1.12. The van der Waals surface area contributed by atoms with E-state index in [0.29, 0.717) is 28.1 Å². The first-order valence-corrected chi connectivity index (χ1v) is 21.2. The number of nitrogens with zero attached hydrogens (tertiary/aromatic N) is 5. The van der Waals surface area contributed by atoms with E-state index in [9.17, 15) is 43.7 Å². The van der Waals surface area contributed by atoms with Crippen LogP contribution in [0.3, 0.4) is 0 Å². The van der Waals surface area contributed by atoms with Crippen LogP contribution in [0, 0.1) is 0 Å². The number of nitrogens with two attached hydrogens (primary N) is 1. The standard InChI is InChI=1S/C38H28N8O10S3/c39-35-33-22(21-32(59(54,55)56)37(38(33)47)46-42-24-10-5-2-6-11-24)20-31(58(51,52)53)36(35)45-43-26-16-14-25(15-17-26)41-44-28-18-19-29(40-23-8-3-1-4-9-23)34-27(28)12-7-13-30(34)57(48,49)50/h1-21,40,42H,39H2,(H,48,49,50)(H,51,52,53)(H,54,55,56)/b44-41?,45-43?,46-37+. The molecule has 7 N–H and O–H groups in total. The first-order chi connectivity index (χ1) is 28.0. The number of rotatable bonds is 11. The zero-order chi connectivity index (χ0) is 42.1. The lowest BCUT2D eigenvalue weighted by Crippen LogP contribution is -2.28. The molecule has 0 unspecified atom stereocenters. The zero-order valence-corrected chi connectivity index (χ0v) is 32.3.